The third-order valence-corrected chi connectivity index (χ3v) is 4.47. The van der Waals surface area contributed by atoms with Crippen molar-refractivity contribution in [3.63, 3.8) is 0 Å². The summed E-state index contributed by atoms with van der Waals surface area (Å²) in [6.45, 7) is 5.78. The highest BCUT2D eigenvalue weighted by Crippen LogP contribution is 2.18. The van der Waals surface area contributed by atoms with Crippen LogP contribution in [-0.2, 0) is 0 Å². The zero-order valence-corrected chi connectivity index (χ0v) is 14.7. The first-order chi connectivity index (χ1) is 12.0. The maximum absolute atomic E-state index is 12.5. The Morgan fingerprint density at radius 1 is 1.08 bits per heavy atom. The molecule has 1 saturated heterocycles. The fourth-order valence-electron chi connectivity index (χ4n) is 2.93. The molecule has 0 radical (unpaired) electrons. The third kappa shape index (κ3) is 4.05. The number of nitrogens with one attached hydrogen (secondary N) is 1. The molecule has 1 fully saturated rings. The van der Waals surface area contributed by atoms with Crippen molar-refractivity contribution < 1.29 is 9.59 Å². The van der Waals surface area contributed by atoms with Gasteiger partial charge in [-0.3, -0.25) is 14.6 Å². The molecular weight excluding hydrogens is 314 g/mol. The normalized spacial score (nSPS) is 14.0. The van der Waals surface area contributed by atoms with Crippen molar-refractivity contribution in [3.8, 4) is 0 Å². The molecule has 0 saturated carbocycles. The molecule has 1 aromatic heterocycles. The van der Waals surface area contributed by atoms with Crippen LogP contribution in [-0.4, -0.2) is 34.8 Å². The molecule has 5 heteroatoms. The Labute approximate surface area is 148 Å². The number of hydrogen-bond acceptors (Lipinski definition) is 3. The summed E-state index contributed by atoms with van der Waals surface area (Å²) in [6, 6.07) is 11.0. The molecule has 1 N–H and O–H groups in total. The minimum Gasteiger partial charge on any atom is -0.337 e. The summed E-state index contributed by atoms with van der Waals surface area (Å²) < 4.78 is 0. The summed E-state index contributed by atoms with van der Waals surface area (Å²) in [5, 5.41) is 2.87. The Kier molecular flexibility index (Phi) is 5.12. The number of carbonyl (C=O) groups excluding carboxylic acids is 2. The van der Waals surface area contributed by atoms with Gasteiger partial charge in [0.25, 0.3) is 11.8 Å². The lowest BCUT2D eigenvalue weighted by atomic mass is 10.0. The van der Waals surface area contributed by atoms with Crippen LogP contribution in [0.4, 0.5) is 5.69 Å². The zero-order chi connectivity index (χ0) is 17.8. The predicted molar refractivity (Wildman–Crippen MR) is 97.9 cm³/mol. The standard InChI is InChI=1S/C20H23N3O2/c1-14(2)15-5-7-17(8-6-15)22-19(24)16-9-10-21-18(13-16)20(25)23-11-3-4-12-23/h5-10,13-14H,3-4,11-12H2,1-2H3,(H,22,24). The molecule has 0 atom stereocenters. The average Bonchev–Trinajstić information content (AvgIpc) is 3.16. The van der Waals surface area contributed by atoms with E-state index in [1.807, 2.05) is 24.3 Å². The summed E-state index contributed by atoms with van der Waals surface area (Å²) in [5.74, 6) is 0.104. The molecule has 2 amide bonds. The predicted octanol–water partition coefficient (Wildman–Crippen LogP) is 3.69. The lowest BCUT2D eigenvalue weighted by Gasteiger charge is -2.14. The van der Waals surface area contributed by atoms with E-state index in [0.29, 0.717) is 17.2 Å². The number of nitrogens with zero attached hydrogens (tertiary/aromatic N) is 2. The van der Waals surface area contributed by atoms with Gasteiger partial charge in [0.05, 0.1) is 0 Å². The molecule has 25 heavy (non-hydrogen) atoms. The largest absolute Gasteiger partial charge is 0.337 e. The van der Waals surface area contributed by atoms with Crippen LogP contribution in [0, 0.1) is 0 Å². The van der Waals surface area contributed by atoms with E-state index in [-0.39, 0.29) is 11.8 Å². The maximum atomic E-state index is 12.5. The number of rotatable bonds is 4. The Hall–Kier alpha value is -2.69. The van der Waals surface area contributed by atoms with Crippen molar-refractivity contribution >= 4 is 17.5 Å². The van der Waals surface area contributed by atoms with E-state index in [1.54, 1.807) is 17.0 Å². The van der Waals surface area contributed by atoms with Gasteiger partial charge in [0, 0.05) is 30.5 Å². The van der Waals surface area contributed by atoms with E-state index in [4.69, 9.17) is 0 Å². The number of hydrogen-bond donors (Lipinski definition) is 1. The van der Waals surface area contributed by atoms with Crippen LogP contribution in [0.3, 0.4) is 0 Å². The topological polar surface area (TPSA) is 62.3 Å². The monoisotopic (exact) mass is 337 g/mol. The SMILES string of the molecule is CC(C)c1ccc(NC(=O)c2ccnc(C(=O)N3CCCC3)c2)cc1. The van der Waals surface area contributed by atoms with Crippen molar-refractivity contribution in [2.45, 2.75) is 32.6 Å². The van der Waals surface area contributed by atoms with Gasteiger partial charge in [-0.25, -0.2) is 0 Å². The number of amides is 2. The highest BCUT2D eigenvalue weighted by Gasteiger charge is 2.21. The molecule has 5 nitrogen and oxygen atoms in total. The van der Waals surface area contributed by atoms with Gasteiger partial charge < -0.3 is 10.2 Å². The van der Waals surface area contributed by atoms with E-state index in [0.717, 1.165) is 31.6 Å². The van der Waals surface area contributed by atoms with E-state index in [1.165, 1.54) is 11.8 Å². The lowest BCUT2D eigenvalue weighted by Crippen LogP contribution is -2.28. The molecule has 2 aromatic rings. The quantitative estimate of drug-likeness (QED) is 0.925. The van der Waals surface area contributed by atoms with Crippen LogP contribution in [0.15, 0.2) is 42.6 Å². The van der Waals surface area contributed by atoms with Gasteiger partial charge in [0.1, 0.15) is 5.69 Å². The van der Waals surface area contributed by atoms with Gasteiger partial charge in [0.15, 0.2) is 0 Å². The van der Waals surface area contributed by atoms with E-state index < -0.39 is 0 Å². The second-order valence-corrected chi connectivity index (χ2v) is 6.66. The Bertz CT molecular complexity index is 763. The highest BCUT2D eigenvalue weighted by atomic mass is 16.2. The third-order valence-electron chi connectivity index (χ3n) is 4.47. The molecule has 0 bridgehead atoms. The molecule has 130 valence electrons. The van der Waals surface area contributed by atoms with Crippen LogP contribution in [0.1, 0.15) is 59.0 Å². The van der Waals surface area contributed by atoms with Gasteiger partial charge in [0.2, 0.25) is 0 Å². The first-order valence-corrected chi connectivity index (χ1v) is 8.71. The molecule has 0 unspecified atom stereocenters. The van der Waals surface area contributed by atoms with E-state index in [9.17, 15) is 9.59 Å². The average molecular weight is 337 g/mol. The Morgan fingerprint density at radius 3 is 2.40 bits per heavy atom. The van der Waals surface area contributed by atoms with Gasteiger partial charge in [-0.2, -0.15) is 0 Å². The Morgan fingerprint density at radius 2 is 1.76 bits per heavy atom. The van der Waals surface area contributed by atoms with E-state index in [2.05, 4.69) is 24.1 Å². The van der Waals surface area contributed by atoms with Gasteiger partial charge in [-0.05, 0) is 48.6 Å². The number of likely N-dealkylation sites (tertiary alicyclic amines) is 1. The van der Waals surface area contributed by atoms with Crippen LogP contribution < -0.4 is 5.32 Å². The van der Waals surface area contributed by atoms with Crippen molar-refractivity contribution in [2.75, 3.05) is 18.4 Å². The summed E-state index contributed by atoms with van der Waals surface area (Å²) in [5.41, 5.74) is 2.72. The van der Waals surface area contributed by atoms with Crippen molar-refractivity contribution in [3.05, 3.63) is 59.4 Å². The highest BCUT2D eigenvalue weighted by molar-refractivity contribution is 6.05. The number of aromatic nitrogens is 1. The van der Waals surface area contributed by atoms with Crippen LogP contribution in [0.25, 0.3) is 0 Å². The summed E-state index contributed by atoms with van der Waals surface area (Å²) in [6.07, 6.45) is 3.57. The van der Waals surface area contributed by atoms with Gasteiger partial charge in [-0.15, -0.1) is 0 Å². The van der Waals surface area contributed by atoms with Crippen molar-refractivity contribution in [1.29, 1.82) is 0 Å². The maximum Gasteiger partial charge on any atom is 0.272 e. The summed E-state index contributed by atoms with van der Waals surface area (Å²) in [4.78, 5) is 30.8. The molecule has 0 aliphatic carbocycles. The van der Waals surface area contributed by atoms with Crippen molar-refractivity contribution in [2.24, 2.45) is 0 Å². The summed E-state index contributed by atoms with van der Waals surface area (Å²) in [7, 11) is 0. The number of benzene rings is 1. The fourth-order valence-corrected chi connectivity index (χ4v) is 2.93. The molecule has 3 rings (SSSR count). The zero-order valence-electron chi connectivity index (χ0n) is 14.7. The first-order valence-electron chi connectivity index (χ1n) is 8.71. The summed E-state index contributed by atoms with van der Waals surface area (Å²) >= 11 is 0. The number of anilines is 1. The second-order valence-electron chi connectivity index (χ2n) is 6.66. The first kappa shape index (κ1) is 17.1. The van der Waals surface area contributed by atoms with E-state index >= 15 is 0 Å². The van der Waals surface area contributed by atoms with Gasteiger partial charge >= 0.3 is 0 Å². The fraction of sp³-hybridized carbons (Fsp3) is 0.350. The molecule has 1 aromatic carbocycles. The molecule has 0 spiro atoms. The van der Waals surface area contributed by atoms with Crippen molar-refractivity contribution in [1.82, 2.24) is 9.88 Å². The number of carbonyl (C=O) groups is 2. The van der Waals surface area contributed by atoms with Crippen LogP contribution >= 0.6 is 0 Å². The molecule has 1 aliphatic heterocycles. The van der Waals surface area contributed by atoms with Crippen LogP contribution in [0.2, 0.25) is 0 Å². The molecule has 1 aliphatic rings. The molecule has 2 heterocycles. The number of pyridine rings is 1. The van der Waals surface area contributed by atoms with Gasteiger partial charge in [-0.1, -0.05) is 26.0 Å². The Balaban J connectivity index is 1.71. The minimum absolute atomic E-state index is 0.103. The second kappa shape index (κ2) is 7.47. The minimum atomic E-state index is -0.241. The lowest BCUT2D eigenvalue weighted by molar-refractivity contribution is 0.0787. The molecular formula is C20H23N3O2. The smallest absolute Gasteiger partial charge is 0.272 e. The van der Waals surface area contributed by atoms with Crippen LogP contribution in [0.5, 0.6) is 0 Å².